The van der Waals surface area contributed by atoms with E-state index in [4.69, 9.17) is 14.4 Å². The van der Waals surface area contributed by atoms with Crippen molar-refractivity contribution >= 4 is 33.9 Å². The Morgan fingerprint density at radius 2 is 1.33 bits per heavy atom. The molecule has 276 valence electrons. The van der Waals surface area contributed by atoms with Gasteiger partial charge in [0.25, 0.3) is 0 Å². The number of thiazole rings is 1. The van der Waals surface area contributed by atoms with Crippen molar-refractivity contribution in [3.05, 3.63) is 203 Å². The maximum Gasteiger partial charge on any atom is 0.360 e. The van der Waals surface area contributed by atoms with Crippen molar-refractivity contribution in [2.45, 2.75) is 24.1 Å². The minimum atomic E-state index is -1.32. The van der Waals surface area contributed by atoms with Gasteiger partial charge in [-0.15, -0.1) is 11.3 Å². The van der Waals surface area contributed by atoms with E-state index in [1.807, 2.05) is 152 Å². The number of carbonyl (C=O) groups is 2. The predicted molar refractivity (Wildman–Crippen MR) is 211 cm³/mol. The van der Waals surface area contributed by atoms with Crippen molar-refractivity contribution in [2.24, 2.45) is 5.16 Å². The Bertz CT molecular complexity index is 2110. The number of allylic oxidation sites excluding steroid dienone is 1. The number of hydrogen-bond donors (Lipinski definition) is 2. The zero-order chi connectivity index (χ0) is 38.0. The van der Waals surface area contributed by atoms with Crippen LogP contribution in [0.25, 0.3) is 0 Å². The third-order valence-electron chi connectivity index (χ3n) is 9.25. The first kappa shape index (κ1) is 36.8. The van der Waals surface area contributed by atoms with Crippen molar-refractivity contribution in [3.63, 3.8) is 0 Å². The standard InChI is InChI=1S/C44H38N4O6S/c1-52-48-28-39(54-41(31-17-7-2-8-18-31)32-19-9-3-10-20-32)38(49)27-36(48)29-53-47-40(42(50)51)37-30-55-43(45-37)46-44(33-21-11-4-12-22-33,34-23-13-5-14-24-34)35-25-15-6-16-26-35/h2-26,28,30,36,41H,27,29H2,1H3,(H,45,46)(H,50,51). The summed E-state index contributed by atoms with van der Waals surface area (Å²) in [6.07, 6.45) is 0.957. The van der Waals surface area contributed by atoms with Crippen molar-refractivity contribution in [1.82, 2.24) is 10.0 Å². The van der Waals surface area contributed by atoms with E-state index in [-0.39, 0.29) is 36.0 Å². The average molecular weight is 751 g/mol. The number of hydrogen-bond acceptors (Lipinski definition) is 10. The molecule has 0 amide bonds. The Morgan fingerprint density at radius 3 is 1.80 bits per heavy atom. The second-order valence-electron chi connectivity index (χ2n) is 12.7. The maximum atomic E-state index is 13.4. The van der Waals surface area contributed by atoms with Gasteiger partial charge in [0.2, 0.25) is 11.5 Å². The highest BCUT2D eigenvalue weighted by molar-refractivity contribution is 7.14. The van der Waals surface area contributed by atoms with Gasteiger partial charge in [-0.1, -0.05) is 157 Å². The van der Waals surface area contributed by atoms with E-state index in [2.05, 4.69) is 15.5 Å². The van der Waals surface area contributed by atoms with Crippen LogP contribution < -0.4 is 5.32 Å². The van der Waals surface area contributed by atoms with E-state index >= 15 is 0 Å². The molecular formula is C44H38N4O6S. The molecule has 6 aromatic rings. The number of carboxylic acid groups (broad SMARTS) is 1. The van der Waals surface area contributed by atoms with Crippen LogP contribution in [0.1, 0.15) is 46.0 Å². The van der Waals surface area contributed by atoms with E-state index in [0.29, 0.717) is 5.13 Å². The molecule has 0 bridgehead atoms. The molecule has 1 aliphatic heterocycles. The van der Waals surface area contributed by atoms with Crippen LogP contribution in [0, 0.1) is 0 Å². The molecule has 0 saturated carbocycles. The summed E-state index contributed by atoms with van der Waals surface area (Å²) < 4.78 is 6.34. The van der Waals surface area contributed by atoms with Gasteiger partial charge in [0.15, 0.2) is 10.9 Å². The largest absolute Gasteiger partial charge is 0.476 e. The van der Waals surface area contributed by atoms with E-state index in [1.165, 1.54) is 29.7 Å². The molecule has 0 spiro atoms. The van der Waals surface area contributed by atoms with Crippen LogP contribution in [0.2, 0.25) is 0 Å². The van der Waals surface area contributed by atoms with Crippen molar-refractivity contribution in [2.75, 3.05) is 19.0 Å². The number of oxime groups is 1. The molecule has 1 unspecified atom stereocenters. The summed E-state index contributed by atoms with van der Waals surface area (Å²) in [5.74, 6) is -1.44. The molecule has 0 saturated heterocycles. The van der Waals surface area contributed by atoms with Crippen molar-refractivity contribution in [1.29, 1.82) is 0 Å². The first-order chi connectivity index (χ1) is 27.0. The molecule has 11 heteroatoms. The summed E-state index contributed by atoms with van der Waals surface area (Å²) in [7, 11) is 1.47. The molecule has 0 aliphatic carbocycles. The number of benzene rings is 5. The third-order valence-corrected chi connectivity index (χ3v) is 10.0. The van der Waals surface area contributed by atoms with Gasteiger partial charge in [0.05, 0.1) is 13.3 Å². The fourth-order valence-corrected chi connectivity index (χ4v) is 7.35. The number of anilines is 1. The number of ether oxygens (including phenoxy) is 1. The van der Waals surface area contributed by atoms with Crippen LogP contribution in [0.15, 0.2) is 174 Å². The molecule has 2 heterocycles. The number of Topliss-reactive ketones (excluding diaryl/α,β-unsaturated/α-hetero) is 1. The Hall–Kier alpha value is -6.56. The number of carboxylic acids is 1. The van der Waals surface area contributed by atoms with Crippen LogP contribution in [0.3, 0.4) is 0 Å². The Kier molecular flexibility index (Phi) is 11.4. The normalized spacial score (nSPS) is 14.7. The molecule has 2 N–H and O–H groups in total. The van der Waals surface area contributed by atoms with Gasteiger partial charge in [-0.3, -0.25) is 14.7 Å². The van der Waals surface area contributed by atoms with Crippen LogP contribution >= 0.6 is 11.3 Å². The van der Waals surface area contributed by atoms with Crippen molar-refractivity contribution in [3.8, 4) is 0 Å². The van der Waals surface area contributed by atoms with E-state index in [0.717, 1.165) is 27.8 Å². The summed E-state index contributed by atoms with van der Waals surface area (Å²) in [5.41, 5.74) is 3.58. The van der Waals surface area contributed by atoms with E-state index in [9.17, 15) is 14.7 Å². The quantitative estimate of drug-likeness (QED) is 0.0608. The van der Waals surface area contributed by atoms with E-state index < -0.39 is 23.7 Å². The second kappa shape index (κ2) is 17.1. The lowest BCUT2D eigenvalue weighted by Crippen LogP contribution is -2.40. The lowest BCUT2D eigenvalue weighted by Gasteiger charge is -2.36. The van der Waals surface area contributed by atoms with Crippen LogP contribution in [-0.2, 0) is 29.5 Å². The van der Waals surface area contributed by atoms with Gasteiger partial charge < -0.3 is 20.0 Å². The van der Waals surface area contributed by atoms with Gasteiger partial charge in [-0.2, -0.15) is 0 Å². The van der Waals surface area contributed by atoms with Gasteiger partial charge >= 0.3 is 5.97 Å². The Labute approximate surface area is 322 Å². The molecule has 10 nitrogen and oxygen atoms in total. The Morgan fingerprint density at radius 1 is 0.836 bits per heavy atom. The van der Waals surface area contributed by atoms with Gasteiger partial charge in [0.1, 0.15) is 30.0 Å². The summed E-state index contributed by atoms with van der Waals surface area (Å²) in [5, 5.41) is 21.4. The average Bonchev–Trinajstić information content (AvgIpc) is 3.70. The molecule has 1 aliphatic rings. The topological polar surface area (TPSA) is 123 Å². The summed E-state index contributed by atoms with van der Waals surface area (Å²) >= 11 is 1.26. The number of ketones is 1. The smallest absolute Gasteiger partial charge is 0.360 e. The fourth-order valence-electron chi connectivity index (χ4n) is 6.60. The number of carbonyl (C=O) groups excluding carboxylic acids is 1. The third kappa shape index (κ3) is 8.18. The first-order valence-electron chi connectivity index (χ1n) is 17.6. The molecule has 0 radical (unpaired) electrons. The first-order valence-corrected chi connectivity index (χ1v) is 18.5. The van der Waals surface area contributed by atoms with Crippen molar-refractivity contribution < 1.29 is 29.1 Å². The molecular weight excluding hydrogens is 713 g/mol. The Balaban J connectivity index is 1.11. The number of hydroxylamine groups is 2. The minimum Gasteiger partial charge on any atom is -0.476 e. The highest BCUT2D eigenvalue weighted by Crippen LogP contribution is 2.40. The fraction of sp³-hybridized carbons (Fsp3) is 0.136. The van der Waals surface area contributed by atoms with Gasteiger partial charge in [-0.25, -0.2) is 9.78 Å². The zero-order valence-corrected chi connectivity index (χ0v) is 30.7. The van der Waals surface area contributed by atoms with Gasteiger partial charge in [0, 0.05) is 11.8 Å². The lowest BCUT2D eigenvalue weighted by molar-refractivity contribution is -0.156. The molecule has 7 rings (SSSR count). The molecule has 55 heavy (non-hydrogen) atoms. The summed E-state index contributed by atoms with van der Waals surface area (Å²) in [6, 6.07) is 48.8. The highest BCUT2D eigenvalue weighted by atomic mass is 32.1. The van der Waals surface area contributed by atoms with Crippen LogP contribution in [0.5, 0.6) is 0 Å². The predicted octanol–water partition coefficient (Wildman–Crippen LogP) is 8.20. The summed E-state index contributed by atoms with van der Waals surface area (Å²) in [6.45, 7) is -0.144. The lowest BCUT2D eigenvalue weighted by atomic mass is 9.77. The van der Waals surface area contributed by atoms with Gasteiger partial charge in [-0.05, 0) is 27.8 Å². The highest BCUT2D eigenvalue weighted by Gasteiger charge is 2.37. The maximum absolute atomic E-state index is 13.4. The number of aromatic nitrogens is 1. The molecule has 1 atom stereocenters. The SMILES string of the molecule is CON1C=C(OC(c2ccccc2)c2ccccc2)C(=O)CC1CON=C(C(=O)O)c1csc(NC(c2ccccc2)(c2ccccc2)c2ccccc2)n1. The van der Waals surface area contributed by atoms with Crippen LogP contribution in [0.4, 0.5) is 5.13 Å². The zero-order valence-electron chi connectivity index (χ0n) is 29.9. The second-order valence-corrected chi connectivity index (χ2v) is 13.5. The van der Waals surface area contributed by atoms with E-state index in [1.54, 1.807) is 5.38 Å². The number of rotatable bonds is 15. The molecule has 0 fully saturated rings. The molecule has 1 aromatic heterocycles. The monoisotopic (exact) mass is 750 g/mol. The molecule has 5 aromatic carbocycles. The minimum absolute atomic E-state index is 0.0147. The number of aliphatic carboxylic acids is 1. The van der Waals surface area contributed by atoms with Crippen LogP contribution in [-0.4, -0.2) is 52.4 Å². The number of nitrogens with one attached hydrogen (secondary N) is 1. The summed E-state index contributed by atoms with van der Waals surface area (Å²) in [4.78, 5) is 41.8. The number of nitrogens with zero attached hydrogens (tertiary/aromatic N) is 3.